The van der Waals surface area contributed by atoms with E-state index in [1.54, 1.807) is 0 Å². The van der Waals surface area contributed by atoms with E-state index in [1.807, 2.05) is 7.11 Å². The molecule has 1 N–H and O–H groups in total. The van der Waals surface area contributed by atoms with E-state index in [0.29, 0.717) is 6.04 Å². The van der Waals surface area contributed by atoms with Gasteiger partial charge in [0.15, 0.2) is 0 Å². The molecule has 1 aliphatic carbocycles. The summed E-state index contributed by atoms with van der Waals surface area (Å²) in [6.45, 7) is 5.14. The molecule has 1 aliphatic heterocycles. The van der Waals surface area contributed by atoms with Crippen LogP contribution in [-0.4, -0.2) is 38.5 Å². The van der Waals surface area contributed by atoms with Crippen molar-refractivity contribution in [1.82, 2.24) is 5.32 Å². The van der Waals surface area contributed by atoms with Gasteiger partial charge in [-0.15, -0.1) is 0 Å². The molecule has 0 aromatic heterocycles. The first-order valence-corrected chi connectivity index (χ1v) is 7.67. The Morgan fingerprint density at radius 3 is 2.50 bits per heavy atom. The molecule has 0 spiro atoms. The largest absolute Gasteiger partial charge is 0.381 e. The molecule has 1 atom stereocenters. The summed E-state index contributed by atoms with van der Waals surface area (Å²) in [6, 6.07) is 0.526. The number of nitrogens with one attached hydrogen (secondary N) is 1. The summed E-state index contributed by atoms with van der Waals surface area (Å²) < 4.78 is 11.4. The van der Waals surface area contributed by atoms with Crippen LogP contribution in [0.5, 0.6) is 0 Å². The van der Waals surface area contributed by atoms with Crippen molar-refractivity contribution < 1.29 is 9.47 Å². The molecule has 0 aromatic rings. The maximum atomic E-state index is 5.96. The Bertz CT molecular complexity index is 233. The van der Waals surface area contributed by atoms with Crippen molar-refractivity contribution in [2.24, 2.45) is 5.92 Å². The van der Waals surface area contributed by atoms with Gasteiger partial charge in [0.25, 0.3) is 0 Å². The van der Waals surface area contributed by atoms with Gasteiger partial charge in [-0.1, -0.05) is 19.8 Å². The van der Waals surface area contributed by atoms with Crippen LogP contribution in [0.4, 0.5) is 0 Å². The summed E-state index contributed by atoms with van der Waals surface area (Å²) >= 11 is 0. The highest BCUT2D eigenvalue weighted by Crippen LogP contribution is 2.38. The number of rotatable bonds is 6. The van der Waals surface area contributed by atoms with Crippen LogP contribution in [0, 0.1) is 5.92 Å². The molecule has 0 amide bonds. The molecule has 0 aromatic carbocycles. The second-order valence-electron chi connectivity index (χ2n) is 5.88. The summed E-state index contributed by atoms with van der Waals surface area (Å²) in [7, 11) is 1.90. The molecule has 3 heteroatoms. The molecular weight excluding hydrogens is 226 g/mol. The first kappa shape index (κ1) is 14.3. The Morgan fingerprint density at radius 1 is 1.28 bits per heavy atom. The summed E-state index contributed by atoms with van der Waals surface area (Å²) in [5.41, 5.74) is 0.105. The molecule has 3 nitrogen and oxygen atoms in total. The predicted molar refractivity (Wildman–Crippen MR) is 73.8 cm³/mol. The molecule has 2 rings (SSSR count). The van der Waals surface area contributed by atoms with Gasteiger partial charge in [0.2, 0.25) is 0 Å². The van der Waals surface area contributed by atoms with Crippen molar-refractivity contribution >= 4 is 0 Å². The minimum absolute atomic E-state index is 0.105. The molecule has 2 aliphatic rings. The Kier molecular flexibility index (Phi) is 5.46. The van der Waals surface area contributed by atoms with Crippen LogP contribution in [0.1, 0.15) is 51.9 Å². The number of methoxy groups -OCH3 is 1. The van der Waals surface area contributed by atoms with Crippen LogP contribution >= 0.6 is 0 Å². The normalized spacial score (nSPS) is 26.3. The lowest BCUT2D eigenvalue weighted by atomic mass is 9.82. The first-order chi connectivity index (χ1) is 8.80. The number of ether oxygens (including phenoxy) is 2. The molecule has 0 bridgehead atoms. The van der Waals surface area contributed by atoms with E-state index in [9.17, 15) is 0 Å². The van der Waals surface area contributed by atoms with Crippen LogP contribution in [0.15, 0.2) is 0 Å². The highest BCUT2D eigenvalue weighted by molar-refractivity contribution is 4.97. The zero-order valence-electron chi connectivity index (χ0n) is 12.0. The number of likely N-dealkylation sites (N-methyl/N-ethyl adjacent to an activating group) is 1. The lowest BCUT2D eigenvalue weighted by Gasteiger charge is -2.39. The third-order valence-corrected chi connectivity index (χ3v) is 4.85. The minimum atomic E-state index is 0.105. The monoisotopic (exact) mass is 255 g/mol. The Labute approximate surface area is 112 Å². The van der Waals surface area contributed by atoms with Crippen molar-refractivity contribution in [3.63, 3.8) is 0 Å². The summed E-state index contributed by atoms with van der Waals surface area (Å²) in [6.07, 6.45) is 8.80. The Morgan fingerprint density at radius 2 is 1.94 bits per heavy atom. The van der Waals surface area contributed by atoms with E-state index in [-0.39, 0.29) is 5.60 Å². The van der Waals surface area contributed by atoms with E-state index < -0.39 is 0 Å². The fourth-order valence-corrected chi connectivity index (χ4v) is 3.71. The first-order valence-electron chi connectivity index (χ1n) is 7.67. The van der Waals surface area contributed by atoms with Gasteiger partial charge in [-0.3, -0.25) is 0 Å². The van der Waals surface area contributed by atoms with E-state index in [2.05, 4.69) is 12.2 Å². The fourth-order valence-electron chi connectivity index (χ4n) is 3.71. The van der Waals surface area contributed by atoms with Gasteiger partial charge in [0.05, 0.1) is 5.60 Å². The van der Waals surface area contributed by atoms with Crippen LogP contribution in [0.2, 0.25) is 0 Å². The topological polar surface area (TPSA) is 30.5 Å². The maximum absolute atomic E-state index is 5.96. The number of hydrogen-bond acceptors (Lipinski definition) is 3. The third-order valence-electron chi connectivity index (χ3n) is 4.85. The van der Waals surface area contributed by atoms with Crippen LogP contribution in [0.25, 0.3) is 0 Å². The maximum Gasteiger partial charge on any atom is 0.0831 e. The van der Waals surface area contributed by atoms with Crippen molar-refractivity contribution in [3.8, 4) is 0 Å². The summed E-state index contributed by atoms with van der Waals surface area (Å²) in [5.74, 6) is 0.815. The van der Waals surface area contributed by atoms with Crippen molar-refractivity contribution in [3.05, 3.63) is 0 Å². The Balaban J connectivity index is 1.97. The van der Waals surface area contributed by atoms with Gasteiger partial charge in [-0.2, -0.15) is 0 Å². The van der Waals surface area contributed by atoms with Gasteiger partial charge >= 0.3 is 0 Å². The fraction of sp³-hybridized carbons (Fsp3) is 1.00. The average molecular weight is 255 g/mol. The van der Waals surface area contributed by atoms with Crippen LogP contribution < -0.4 is 5.32 Å². The van der Waals surface area contributed by atoms with E-state index in [4.69, 9.17) is 9.47 Å². The molecular formula is C15H29NO2. The zero-order valence-corrected chi connectivity index (χ0v) is 12.0. The zero-order chi connectivity index (χ0) is 12.8. The lowest BCUT2D eigenvalue weighted by molar-refractivity contribution is -0.0464. The number of hydrogen-bond donors (Lipinski definition) is 1. The van der Waals surface area contributed by atoms with Gasteiger partial charge < -0.3 is 14.8 Å². The average Bonchev–Trinajstić information content (AvgIpc) is 2.89. The molecule has 106 valence electrons. The predicted octanol–water partition coefficient (Wildman–Crippen LogP) is 2.74. The molecule has 1 unspecified atom stereocenters. The van der Waals surface area contributed by atoms with Gasteiger partial charge in [0.1, 0.15) is 0 Å². The van der Waals surface area contributed by atoms with Gasteiger partial charge in [-0.05, 0) is 44.6 Å². The van der Waals surface area contributed by atoms with E-state index in [0.717, 1.165) is 25.7 Å². The van der Waals surface area contributed by atoms with Crippen molar-refractivity contribution in [2.45, 2.75) is 63.5 Å². The molecule has 1 saturated heterocycles. The van der Waals surface area contributed by atoms with Crippen molar-refractivity contribution in [1.29, 1.82) is 0 Å². The SMILES string of the molecule is CCNC(CC1CCOCC1)C1(OC)CCCC1. The standard InChI is InChI=1S/C15H29NO2/c1-3-16-14(12-13-6-10-18-11-7-13)15(17-2)8-4-5-9-15/h13-14,16H,3-12H2,1-2H3. The molecule has 2 fully saturated rings. The van der Waals surface area contributed by atoms with Crippen LogP contribution in [-0.2, 0) is 9.47 Å². The molecule has 1 heterocycles. The minimum Gasteiger partial charge on any atom is -0.381 e. The van der Waals surface area contributed by atoms with E-state index >= 15 is 0 Å². The summed E-state index contributed by atoms with van der Waals surface area (Å²) in [5, 5.41) is 3.70. The highest BCUT2D eigenvalue weighted by atomic mass is 16.5. The molecule has 0 radical (unpaired) electrons. The molecule has 18 heavy (non-hydrogen) atoms. The van der Waals surface area contributed by atoms with Gasteiger partial charge in [-0.25, -0.2) is 0 Å². The van der Waals surface area contributed by atoms with Gasteiger partial charge in [0, 0.05) is 26.4 Å². The Hall–Kier alpha value is -0.120. The highest BCUT2D eigenvalue weighted by Gasteiger charge is 2.42. The van der Waals surface area contributed by atoms with Crippen LogP contribution in [0.3, 0.4) is 0 Å². The van der Waals surface area contributed by atoms with E-state index in [1.165, 1.54) is 44.9 Å². The smallest absolute Gasteiger partial charge is 0.0831 e. The molecule has 1 saturated carbocycles. The second-order valence-corrected chi connectivity index (χ2v) is 5.88. The summed E-state index contributed by atoms with van der Waals surface area (Å²) in [4.78, 5) is 0. The second kappa shape index (κ2) is 6.88. The third kappa shape index (κ3) is 3.25. The van der Waals surface area contributed by atoms with Crippen molar-refractivity contribution in [2.75, 3.05) is 26.9 Å². The lowest BCUT2D eigenvalue weighted by Crippen LogP contribution is -2.51. The quantitative estimate of drug-likeness (QED) is 0.791.